The van der Waals surface area contributed by atoms with E-state index in [9.17, 15) is 8.42 Å². The molecule has 1 rings (SSSR count). The van der Waals surface area contributed by atoms with Crippen molar-refractivity contribution in [1.82, 2.24) is 5.32 Å². The second-order valence-corrected chi connectivity index (χ2v) is 7.32. The molecule has 4 nitrogen and oxygen atoms in total. The largest absolute Gasteiger partial charge is 0.314 e. The van der Waals surface area contributed by atoms with Crippen molar-refractivity contribution in [2.45, 2.75) is 52.0 Å². The number of hydrogen-bond donors (Lipinski definition) is 2. The molecule has 0 amide bonds. The number of sulfonamides is 1. The third kappa shape index (κ3) is 7.73. The molecule has 0 bridgehead atoms. The first-order chi connectivity index (χ1) is 7.88. The van der Waals surface area contributed by atoms with E-state index in [0.29, 0.717) is 12.5 Å². The fourth-order valence-electron chi connectivity index (χ4n) is 2.08. The Morgan fingerprint density at radius 2 is 1.94 bits per heavy atom. The Balaban J connectivity index is 2.16. The van der Waals surface area contributed by atoms with Crippen LogP contribution in [0.5, 0.6) is 0 Å². The number of nitrogens with one attached hydrogen (secondary N) is 1. The van der Waals surface area contributed by atoms with Gasteiger partial charge in [-0.15, -0.1) is 0 Å². The minimum absolute atomic E-state index is 0.0849. The van der Waals surface area contributed by atoms with Crippen LogP contribution in [0.4, 0.5) is 0 Å². The topological polar surface area (TPSA) is 72.2 Å². The van der Waals surface area contributed by atoms with Crippen LogP contribution < -0.4 is 10.5 Å². The summed E-state index contributed by atoms with van der Waals surface area (Å²) in [4.78, 5) is 0. The molecule has 0 aromatic heterocycles. The van der Waals surface area contributed by atoms with Gasteiger partial charge in [0.25, 0.3) is 0 Å². The molecule has 1 atom stereocenters. The lowest BCUT2D eigenvalue weighted by molar-refractivity contribution is 0.396. The highest BCUT2D eigenvalue weighted by Gasteiger charge is 2.30. The molecule has 0 heterocycles. The van der Waals surface area contributed by atoms with Crippen LogP contribution in [0.3, 0.4) is 0 Å². The molecule has 0 aromatic carbocycles. The van der Waals surface area contributed by atoms with Gasteiger partial charge in [-0.3, -0.25) is 0 Å². The van der Waals surface area contributed by atoms with Gasteiger partial charge in [0.05, 0.1) is 5.75 Å². The lowest BCUT2D eigenvalue weighted by Crippen LogP contribution is -2.33. The van der Waals surface area contributed by atoms with Crippen molar-refractivity contribution in [2.75, 3.05) is 12.3 Å². The van der Waals surface area contributed by atoms with Gasteiger partial charge in [0.1, 0.15) is 0 Å². The molecule has 0 radical (unpaired) electrons. The monoisotopic (exact) mass is 262 g/mol. The van der Waals surface area contributed by atoms with Crippen molar-refractivity contribution in [3.8, 4) is 0 Å². The Hall–Kier alpha value is -0.130. The highest BCUT2D eigenvalue weighted by atomic mass is 32.2. The first-order valence-corrected chi connectivity index (χ1v) is 8.34. The van der Waals surface area contributed by atoms with Crippen LogP contribution in [0.25, 0.3) is 0 Å². The van der Waals surface area contributed by atoms with Crippen molar-refractivity contribution in [3.63, 3.8) is 0 Å². The molecule has 1 aliphatic rings. The second-order valence-electron chi connectivity index (χ2n) is 5.59. The Morgan fingerprint density at radius 3 is 2.41 bits per heavy atom. The Kier molecular flexibility index (Phi) is 5.89. The molecule has 0 aliphatic heterocycles. The molecule has 1 saturated carbocycles. The zero-order valence-corrected chi connectivity index (χ0v) is 11.8. The standard InChI is InChI=1S/C12H26N2O2S/c1-10(2)4-7-12(11-5-6-11)14-8-3-9-17(13,15)16/h10-12,14H,3-9H2,1-2H3,(H2,13,15,16). The van der Waals surface area contributed by atoms with E-state index < -0.39 is 10.0 Å². The van der Waals surface area contributed by atoms with E-state index in [1.807, 2.05) is 0 Å². The van der Waals surface area contributed by atoms with Gasteiger partial charge in [0.15, 0.2) is 0 Å². The number of primary sulfonamides is 1. The van der Waals surface area contributed by atoms with Gasteiger partial charge in [-0.2, -0.15) is 0 Å². The van der Waals surface area contributed by atoms with E-state index in [4.69, 9.17) is 5.14 Å². The lowest BCUT2D eigenvalue weighted by Gasteiger charge is -2.19. The summed E-state index contributed by atoms with van der Waals surface area (Å²) in [6.45, 7) is 5.24. The quantitative estimate of drug-likeness (QED) is 0.618. The summed E-state index contributed by atoms with van der Waals surface area (Å²) in [7, 11) is -3.29. The van der Waals surface area contributed by atoms with E-state index in [0.717, 1.165) is 18.4 Å². The Morgan fingerprint density at radius 1 is 1.29 bits per heavy atom. The number of nitrogens with two attached hydrogens (primary N) is 1. The molecule has 17 heavy (non-hydrogen) atoms. The lowest BCUT2D eigenvalue weighted by atomic mass is 10.0. The van der Waals surface area contributed by atoms with Crippen LogP contribution in [0.2, 0.25) is 0 Å². The van der Waals surface area contributed by atoms with E-state index in [1.165, 1.54) is 25.7 Å². The van der Waals surface area contributed by atoms with Gasteiger partial charge < -0.3 is 5.32 Å². The van der Waals surface area contributed by atoms with Gasteiger partial charge in [-0.1, -0.05) is 13.8 Å². The highest BCUT2D eigenvalue weighted by molar-refractivity contribution is 7.89. The fraction of sp³-hybridized carbons (Fsp3) is 1.00. The van der Waals surface area contributed by atoms with Crippen molar-refractivity contribution in [2.24, 2.45) is 17.0 Å². The molecule has 0 spiro atoms. The summed E-state index contributed by atoms with van der Waals surface area (Å²) >= 11 is 0. The molecule has 1 unspecified atom stereocenters. The van der Waals surface area contributed by atoms with E-state index in [2.05, 4.69) is 19.2 Å². The Labute approximate surface area is 105 Å². The van der Waals surface area contributed by atoms with E-state index in [1.54, 1.807) is 0 Å². The summed E-state index contributed by atoms with van der Waals surface area (Å²) in [5, 5.41) is 8.46. The summed E-state index contributed by atoms with van der Waals surface area (Å²) in [6.07, 6.45) is 5.71. The highest BCUT2D eigenvalue weighted by Crippen LogP contribution is 2.34. The van der Waals surface area contributed by atoms with Crippen LogP contribution >= 0.6 is 0 Å². The second kappa shape index (κ2) is 6.71. The SMILES string of the molecule is CC(C)CCC(NCCCS(N)(=O)=O)C1CC1. The maximum atomic E-state index is 10.8. The number of hydrogen-bond acceptors (Lipinski definition) is 3. The normalized spacial score (nSPS) is 18.6. The average Bonchev–Trinajstić information content (AvgIpc) is 2.98. The molecule has 1 fully saturated rings. The van der Waals surface area contributed by atoms with Crippen molar-refractivity contribution in [1.29, 1.82) is 0 Å². The molecule has 102 valence electrons. The zero-order chi connectivity index (χ0) is 12.9. The van der Waals surface area contributed by atoms with Crippen LogP contribution in [0.15, 0.2) is 0 Å². The zero-order valence-electron chi connectivity index (χ0n) is 11.0. The van der Waals surface area contributed by atoms with Gasteiger partial charge in [0.2, 0.25) is 10.0 Å². The van der Waals surface area contributed by atoms with Gasteiger partial charge in [-0.05, 0) is 50.5 Å². The van der Waals surface area contributed by atoms with Crippen LogP contribution in [-0.2, 0) is 10.0 Å². The van der Waals surface area contributed by atoms with E-state index in [-0.39, 0.29) is 5.75 Å². The van der Waals surface area contributed by atoms with Gasteiger partial charge in [0, 0.05) is 6.04 Å². The smallest absolute Gasteiger partial charge is 0.209 e. The van der Waals surface area contributed by atoms with Crippen LogP contribution in [0, 0.1) is 11.8 Å². The summed E-state index contributed by atoms with van der Waals surface area (Å²) in [5.41, 5.74) is 0. The summed E-state index contributed by atoms with van der Waals surface area (Å²) < 4.78 is 21.6. The fourth-order valence-corrected chi connectivity index (χ4v) is 2.62. The summed E-state index contributed by atoms with van der Waals surface area (Å²) in [6, 6.07) is 0.581. The molecular weight excluding hydrogens is 236 g/mol. The molecule has 5 heteroatoms. The van der Waals surface area contributed by atoms with Crippen LogP contribution in [0.1, 0.15) is 46.0 Å². The first-order valence-electron chi connectivity index (χ1n) is 6.62. The number of rotatable bonds is 9. The third-order valence-corrected chi connectivity index (χ3v) is 4.12. The molecular formula is C12H26N2O2S. The minimum Gasteiger partial charge on any atom is -0.314 e. The van der Waals surface area contributed by atoms with Gasteiger partial charge in [-0.25, -0.2) is 13.6 Å². The van der Waals surface area contributed by atoms with Crippen LogP contribution in [-0.4, -0.2) is 26.8 Å². The summed E-state index contributed by atoms with van der Waals surface area (Å²) in [5.74, 6) is 1.65. The minimum atomic E-state index is -3.29. The van der Waals surface area contributed by atoms with Crippen molar-refractivity contribution < 1.29 is 8.42 Å². The first kappa shape index (κ1) is 14.9. The third-order valence-electron chi connectivity index (χ3n) is 3.26. The maximum absolute atomic E-state index is 10.8. The van der Waals surface area contributed by atoms with Crippen molar-refractivity contribution >= 4 is 10.0 Å². The predicted octanol–water partition coefficient (Wildman–Crippen LogP) is 1.47. The van der Waals surface area contributed by atoms with Crippen molar-refractivity contribution in [3.05, 3.63) is 0 Å². The van der Waals surface area contributed by atoms with Gasteiger partial charge >= 0.3 is 0 Å². The molecule has 1 aliphatic carbocycles. The Bertz CT molecular complexity index is 310. The maximum Gasteiger partial charge on any atom is 0.209 e. The predicted molar refractivity (Wildman–Crippen MR) is 71.2 cm³/mol. The molecule has 0 aromatic rings. The van der Waals surface area contributed by atoms with E-state index >= 15 is 0 Å². The molecule has 3 N–H and O–H groups in total. The molecule has 0 saturated heterocycles. The average molecular weight is 262 g/mol.